The highest BCUT2D eigenvalue weighted by molar-refractivity contribution is 5.95. The van der Waals surface area contributed by atoms with Crippen molar-refractivity contribution in [2.75, 3.05) is 11.9 Å². The summed E-state index contributed by atoms with van der Waals surface area (Å²) in [7, 11) is 0. The van der Waals surface area contributed by atoms with Crippen molar-refractivity contribution in [1.29, 1.82) is 0 Å². The predicted molar refractivity (Wildman–Crippen MR) is 92.0 cm³/mol. The van der Waals surface area contributed by atoms with Gasteiger partial charge in [-0.1, -0.05) is 23.8 Å². The van der Waals surface area contributed by atoms with Crippen molar-refractivity contribution in [3.63, 3.8) is 0 Å². The first kappa shape index (κ1) is 19.4. The Balaban J connectivity index is 1.89. The molecular formula is C19H19F2NO4. The number of benzene rings is 2. The molecule has 0 spiro atoms. The third-order valence-corrected chi connectivity index (χ3v) is 3.56. The number of nitrogens with one attached hydrogen (secondary N) is 1. The third-order valence-electron chi connectivity index (χ3n) is 3.56. The number of para-hydroxylation sites is 1. The maximum atomic E-state index is 13.5. The lowest BCUT2D eigenvalue weighted by atomic mass is 10.1. The number of esters is 1. The van der Waals surface area contributed by atoms with Crippen molar-refractivity contribution < 1.29 is 27.8 Å². The average molecular weight is 363 g/mol. The van der Waals surface area contributed by atoms with Gasteiger partial charge >= 0.3 is 5.97 Å². The van der Waals surface area contributed by atoms with Gasteiger partial charge in [-0.2, -0.15) is 0 Å². The molecule has 1 N–H and O–H groups in total. The first-order chi connectivity index (χ1) is 12.3. The van der Waals surface area contributed by atoms with Crippen LogP contribution in [0, 0.1) is 25.5 Å². The maximum Gasteiger partial charge on any atom is 0.344 e. The van der Waals surface area contributed by atoms with Crippen LogP contribution < -0.4 is 10.1 Å². The standard InChI is InChI=1S/C19H19F2NO4/c1-11-7-8-16(12(2)9-11)25-10-17(23)26-13(3)19(24)22-18-14(20)5-4-6-15(18)21/h4-9,13H,10H2,1-3H3,(H,22,24)/t13-/m0/s1. The fourth-order valence-corrected chi connectivity index (χ4v) is 2.22. The van der Waals surface area contributed by atoms with Gasteiger partial charge in [0, 0.05) is 0 Å². The zero-order chi connectivity index (χ0) is 19.3. The summed E-state index contributed by atoms with van der Waals surface area (Å²) < 4.78 is 37.4. The third kappa shape index (κ3) is 5.02. The number of rotatable bonds is 6. The molecule has 0 saturated carbocycles. The Bertz CT molecular complexity index is 803. The van der Waals surface area contributed by atoms with Crippen molar-refractivity contribution >= 4 is 17.6 Å². The summed E-state index contributed by atoms with van der Waals surface area (Å²) in [5.41, 5.74) is 1.33. The minimum absolute atomic E-state index is 0.393. The molecule has 26 heavy (non-hydrogen) atoms. The molecule has 1 atom stereocenters. The van der Waals surface area contributed by atoms with Crippen LogP contribution in [0.5, 0.6) is 5.75 Å². The number of anilines is 1. The van der Waals surface area contributed by atoms with Gasteiger partial charge in [-0.25, -0.2) is 13.6 Å². The molecule has 0 fully saturated rings. The molecule has 0 saturated heterocycles. The molecule has 0 unspecified atom stereocenters. The maximum absolute atomic E-state index is 13.5. The Kier molecular flexibility index (Phi) is 6.27. The minimum atomic E-state index is -1.25. The molecule has 0 aliphatic heterocycles. The smallest absolute Gasteiger partial charge is 0.344 e. The summed E-state index contributed by atoms with van der Waals surface area (Å²) in [6, 6.07) is 8.66. The number of carbonyl (C=O) groups excluding carboxylic acids is 2. The van der Waals surface area contributed by atoms with Crippen LogP contribution in [0.4, 0.5) is 14.5 Å². The van der Waals surface area contributed by atoms with Gasteiger partial charge in [-0.3, -0.25) is 4.79 Å². The molecule has 0 bridgehead atoms. The molecule has 0 radical (unpaired) electrons. The quantitative estimate of drug-likeness (QED) is 0.798. The van der Waals surface area contributed by atoms with Crippen molar-refractivity contribution in [3.05, 3.63) is 59.2 Å². The van der Waals surface area contributed by atoms with Gasteiger partial charge in [-0.15, -0.1) is 0 Å². The normalized spacial score (nSPS) is 11.6. The highest BCUT2D eigenvalue weighted by atomic mass is 19.1. The van der Waals surface area contributed by atoms with E-state index in [4.69, 9.17) is 9.47 Å². The van der Waals surface area contributed by atoms with E-state index in [2.05, 4.69) is 5.32 Å². The molecule has 0 aromatic heterocycles. The SMILES string of the molecule is Cc1ccc(OCC(=O)O[C@@H](C)C(=O)Nc2c(F)cccc2F)c(C)c1. The topological polar surface area (TPSA) is 64.6 Å². The molecule has 138 valence electrons. The summed E-state index contributed by atoms with van der Waals surface area (Å²) in [4.78, 5) is 23.8. The van der Waals surface area contributed by atoms with Crippen LogP contribution >= 0.6 is 0 Å². The number of amides is 1. The fraction of sp³-hybridized carbons (Fsp3) is 0.263. The van der Waals surface area contributed by atoms with E-state index in [1.165, 1.54) is 13.0 Å². The van der Waals surface area contributed by atoms with Gasteiger partial charge in [0.05, 0.1) is 0 Å². The second-order valence-corrected chi connectivity index (χ2v) is 5.78. The van der Waals surface area contributed by atoms with Crippen LogP contribution in [0.3, 0.4) is 0 Å². The highest BCUT2D eigenvalue weighted by Crippen LogP contribution is 2.19. The summed E-state index contributed by atoms with van der Waals surface area (Å²) in [6.45, 7) is 4.68. The molecule has 2 aromatic rings. The van der Waals surface area contributed by atoms with Crippen LogP contribution in [-0.2, 0) is 14.3 Å². The van der Waals surface area contributed by atoms with Crippen molar-refractivity contribution in [2.45, 2.75) is 26.9 Å². The molecule has 0 aliphatic rings. The number of hydrogen-bond donors (Lipinski definition) is 1. The van der Waals surface area contributed by atoms with Crippen molar-refractivity contribution in [2.24, 2.45) is 0 Å². The fourth-order valence-electron chi connectivity index (χ4n) is 2.22. The van der Waals surface area contributed by atoms with E-state index in [9.17, 15) is 18.4 Å². The second-order valence-electron chi connectivity index (χ2n) is 5.78. The van der Waals surface area contributed by atoms with E-state index in [1.54, 1.807) is 6.07 Å². The molecule has 7 heteroatoms. The summed E-state index contributed by atoms with van der Waals surface area (Å²) in [5.74, 6) is -2.95. The summed E-state index contributed by atoms with van der Waals surface area (Å²) in [6.07, 6.45) is -1.25. The lowest BCUT2D eigenvalue weighted by molar-refractivity contribution is -0.155. The van der Waals surface area contributed by atoms with Gasteiger partial charge in [0.25, 0.3) is 5.91 Å². The molecule has 2 aromatic carbocycles. The molecule has 1 amide bonds. The van der Waals surface area contributed by atoms with E-state index in [0.29, 0.717) is 5.75 Å². The zero-order valence-electron chi connectivity index (χ0n) is 14.6. The Morgan fingerprint density at radius 1 is 1.12 bits per heavy atom. The largest absolute Gasteiger partial charge is 0.482 e. The van der Waals surface area contributed by atoms with Crippen molar-refractivity contribution in [3.8, 4) is 5.75 Å². The molecule has 2 rings (SSSR count). The number of ether oxygens (including phenoxy) is 2. The Labute approximate surface area is 149 Å². The van der Waals surface area contributed by atoms with Crippen LogP contribution in [0.1, 0.15) is 18.1 Å². The van der Waals surface area contributed by atoms with Crippen LogP contribution in [-0.4, -0.2) is 24.6 Å². The van der Waals surface area contributed by atoms with E-state index in [-0.39, 0.29) is 0 Å². The van der Waals surface area contributed by atoms with Gasteiger partial charge < -0.3 is 14.8 Å². The van der Waals surface area contributed by atoms with Gasteiger partial charge in [0.15, 0.2) is 12.7 Å². The highest BCUT2D eigenvalue weighted by Gasteiger charge is 2.21. The van der Waals surface area contributed by atoms with E-state index >= 15 is 0 Å². The summed E-state index contributed by atoms with van der Waals surface area (Å²) >= 11 is 0. The lowest BCUT2D eigenvalue weighted by Crippen LogP contribution is -2.32. The van der Waals surface area contributed by atoms with Gasteiger partial charge in [-0.05, 0) is 44.5 Å². The first-order valence-electron chi connectivity index (χ1n) is 7.92. The monoisotopic (exact) mass is 363 g/mol. The Hall–Kier alpha value is -2.96. The van der Waals surface area contributed by atoms with Crippen LogP contribution in [0.2, 0.25) is 0 Å². The second kappa shape index (κ2) is 8.42. The minimum Gasteiger partial charge on any atom is -0.482 e. The number of halogens is 2. The van der Waals surface area contributed by atoms with Crippen LogP contribution in [0.25, 0.3) is 0 Å². The van der Waals surface area contributed by atoms with E-state index < -0.39 is 41.9 Å². The first-order valence-corrected chi connectivity index (χ1v) is 7.92. The molecule has 5 nitrogen and oxygen atoms in total. The van der Waals surface area contributed by atoms with E-state index in [0.717, 1.165) is 23.3 Å². The zero-order valence-corrected chi connectivity index (χ0v) is 14.6. The van der Waals surface area contributed by atoms with Gasteiger partial charge in [0.1, 0.15) is 23.1 Å². The number of carbonyl (C=O) groups is 2. The summed E-state index contributed by atoms with van der Waals surface area (Å²) in [5, 5.41) is 2.07. The lowest BCUT2D eigenvalue weighted by Gasteiger charge is -2.15. The molecule has 0 heterocycles. The number of aryl methyl sites for hydroxylation is 2. The molecule has 0 aliphatic carbocycles. The number of hydrogen-bond acceptors (Lipinski definition) is 4. The van der Waals surface area contributed by atoms with Gasteiger partial charge in [0.2, 0.25) is 0 Å². The molecular weight excluding hydrogens is 344 g/mol. The van der Waals surface area contributed by atoms with Crippen LogP contribution in [0.15, 0.2) is 36.4 Å². The predicted octanol–water partition coefficient (Wildman–Crippen LogP) is 3.53. The Morgan fingerprint density at radius 3 is 2.38 bits per heavy atom. The van der Waals surface area contributed by atoms with Crippen molar-refractivity contribution in [1.82, 2.24) is 0 Å². The Morgan fingerprint density at radius 2 is 1.77 bits per heavy atom. The average Bonchev–Trinajstić information content (AvgIpc) is 2.57. The van der Waals surface area contributed by atoms with E-state index in [1.807, 2.05) is 26.0 Å².